The Hall–Kier alpha value is -2.70. The predicted octanol–water partition coefficient (Wildman–Crippen LogP) is 2.52. The molecule has 0 radical (unpaired) electrons. The van der Waals surface area contributed by atoms with Gasteiger partial charge in [-0.3, -0.25) is 4.79 Å². The van der Waals surface area contributed by atoms with Crippen LogP contribution in [0, 0.1) is 0 Å². The molecule has 0 bridgehead atoms. The summed E-state index contributed by atoms with van der Waals surface area (Å²) in [6.07, 6.45) is 1.37. The van der Waals surface area contributed by atoms with E-state index in [4.69, 9.17) is 5.73 Å². The lowest BCUT2D eigenvalue weighted by Gasteiger charge is -2.10. The maximum absolute atomic E-state index is 12.3. The summed E-state index contributed by atoms with van der Waals surface area (Å²) in [4.78, 5) is 15.9. The number of hydrogen-bond donors (Lipinski definition) is 2. The van der Waals surface area contributed by atoms with E-state index < -0.39 is 12.5 Å². The average Bonchev–Trinajstić information content (AvgIpc) is 2.41. The van der Waals surface area contributed by atoms with Gasteiger partial charge in [0.2, 0.25) is 0 Å². The SMILES string of the molecule is Nc1ccc(NC(=O)c2ccccc2OC(F)F)nc1. The molecule has 5 nitrogen and oxygen atoms in total. The molecule has 0 spiro atoms. The molecule has 0 saturated carbocycles. The second-order valence-electron chi connectivity index (χ2n) is 3.81. The standard InChI is InChI=1S/C13H11F2N3O2/c14-13(15)20-10-4-2-1-3-9(10)12(19)18-11-6-5-8(16)7-17-11/h1-7,13H,16H2,(H,17,18,19). The predicted molar refractivity (Wildman–Crippen MR) is 69.7 cm³/mol. The molecule has 1 aromatic carbocycles. The van der Waals surface area contributed by atoms with E-state index >= 15 is 0 Å². The number of hydrogen-bond acceptors (Lipinski definition) is 4. The molecule has 0 saturated heterocycles. The number of benzene rings is 1. The lowest BCUT2D eigenvalue weighted by Crippen LogP contribution is -2.15. The van der Waals surface area contributed by atoms with Crippen molar-refractivity contribution in [2.75, 3.05) is 11.1 Å². The molecule has 2 aromatic rings. The zero-order valence-corrected chi connectivity index (χ0v) is 10.2. The maximum Gasteiger partial charge on any atom is 0.387 e. The Balaban J connectivity index is 2.18. The molecule has 7 heteroatoms. The van der Waals surface area contributed by atoms with Crippen LogP contribution in [0.1, 0.15) is 10.4 Å². The van der Waals surface area contributed by atoms with Crippen molar-refractivity contribution in [1.29, 1.82) is 0 Å². The fourth-order valence-corrected chi connectivity index (χ4v) is 1.52. The molecule has 3 N–H and O–H groups in total. The molecule has 104 valence electrons. The highest BCUT2D eigenvalue weighted by Gasteiger charge is 2.15. The fourth-order valence-electron chi connectivity index (χ4n) is 1.52. The number of nitrogens with two attached hydrogens (primary N) is 1. The Bertz CT molecular complexity index is 603. The normalized spacial score (nSPS) is 10.3. The largest absolute Gasteiger partial charge is 0.434 e. The highest BCUT2D eigenvalue weighted by Crippen LogP contribution is 2.21. The van der Waals surface area contributed by atoms with E-state index in [9.17, 15) is 13.6 Å². The monoisotopic (exact) mass is 279 g/mol. The van der Waals surface area contributed by atoms with Crippen LogP contribution in [0.3, 0.4) is 0 Å². The van der Waals surface area contributed by atoms with Crippen molar-refractivity contribution in [2.24, 2.45) is 0 Å². The molecule has 0 aliphatic heterocycles. The van der Waals surface area contributed by atoms with Gasteiger partial charge in [0.25, 0.3) is 5.91 Å². The van der Waals surface area contributed by atoms with Crippen molar-refractivity contribution in [3.8, 4) is 5.75 Å². The summed E-state index contributed by atoms with van der Waals surface area (Å²) in [5.41, 5.74) is 5.91. The van der Waals surface area contributed by atoms with Crippen LogP contribution >= 0.6 is 0 Å². The molecule has 2 rings (SSSR count). The van der Waals surface area contributed by atoms with Crippen LogP contribution < -0.4 is 15.8 Å². The quantitative estimate of drug-likeness (QED) is 0.901. The van der Waals surface area contributed by atoms with Crippen molar-refractivity contribution in [3.05, 3.63) is 48.2 Å². The molecule has 0 atom stereocenters. The van der Waals surface area contributed by atoms with Crippen LogP contribution in [-0.4, -0.2) is 17.5 Å². The number of carbonyl (C=O) groups is 1. The lowest BCUT2D eigenvalue weighted by atomic mass is 10.2. The van der Waals surface area contributed by atoms with Crippen LogP contribution in [0.2, 0.25) is 0 Å². The summed E-state index contributed by atoms with van der Waals surface area (Å²) in [6.45, 7) is -3.00. The lowest BCUT2D eigenvalue weighted by molar-refractivity contribution is -0.0501. The number of carbonyl (C=O) groups excluding carboxylic acids is 1. The molecular formula is C13H11F2N3O2. The van der Waals surface area contributed by atoms with Crippen LogP contribution in [0.25, 0.3) is 0 Å². The van der Waals surface area contributed by atoms with E-state index in [1.54, 1.807) is 12.1 Å². The Morgan fingerprint density at radius 1 is 1.25 bits per heavy atom. The number of amides is 1. The minimum atomic E-state index is -3.00. The summed E-state index contributed by atoms with van der Waals surface area (Å²) >= 11 is 0. The molecular weight excluding hydrogens is 268 g/mol. The number of alkyl halides is 2. The molecule has 20 heavy (non-hydrogen) atoms. The molecule has 0 fully saturated rings. The zero-order chi connectivity index (χ0) is 14.5. The van der Waals surface area contributed by atoms with E-state index in [2.05, 4.69) is 15.0 Å². The first kappa shape index (κ1) is 13.7. The summed E-state index contributed by atoms with van der Waals surface area (Å²) in [7, 11) is 0. The van der Waals surface area contributed by atoms with Crippen LogP contribution in [0.5, 0.6) is 5.75 Å². The van der Waals surface area contributed by atoms with Gasteiger partial charge in [0, 0.05) is 0 Å². The molecule has 0 unspecified atom stereocenters. The van der Waals surface area contributed by atoms with Crippen molar-refractivity contribution < 1.29 is 18.3 Å². The van der Waals surface area contributed by atoms with Crippen LogP contribution in [0.15, 0.2) is 42.6 Å². The number of rotatable bonds is 4. The third-order valence-corrected chi connectivity index (χ3v) is 2.38. The van der Waals surface area contributed by atoms with E-state index in [0.717, 1.165) is 0 Å². The van der Waals surface area contributed by atoms with Crippen molar-refractivity contribution >= 4 is 17.4 Å². The van der Waals surface area contributed by atoms with Crippen molar-refractivity contribution in [3.63, 3.8) is 0 Å². The zero-order valence-electron chi connectivity index (χ0n) is 10.2. The molecule has 1 heterocycles. The van der Waals surface area contributed by atoms with Crippen LogP contribution in [-0.2, 0) is 0 Å². The van der Waals surface area contributed by atoms with Crippen molar-refractivity contribution in [1.82, 2.24) is 4.98 Å². The van der Waals surface area contributed by atoms with Crippen molar-refractivity contribution in [2.45, 2.75) is 6.61 Å². The second kappa shape index (κ2) is 5.96. The first-order valence-corrected chi connectivity index (χ1v) is 5.63. The topological polar surface area (TPSA) is 77.2 Å². The number of ether oxygens (including phenoxy) is 1. The van der Waals surface area contributed by atoms with Gasteiger partial charge in [-0.05, 0) is 24.3 Å². The number of aromatic nitrogens is 1. The minimum absolute atomic E-state index is 0.00794. The van der Waals surface area contributed by atoms with E-state index in [1.807, 2.05) is 0 Å². The highest BCUT2D eigenvalue weighted by molar-refractivity contribution is 6.05. The molecule has 0 aliphatic carbocycles. The number of halogens is 2. The van der Waals surface area contributed by atoms with Gasteiger partial charge in [-0.2, -0.15) is 8.78 Å². The van der Waals surface area contributed by atoms with E-state index in [-0.39, 0.29) is 17.1 Å². The molecule has 1 amide bonds. The number of nitrogens with zero attached hydrogens (tertiary/aromatic N) is 1. The number of pyridine rings is 1. The van der Waals surface area contributed by atoms with Crippen LogP contribution in [0.4, 0.5) is 20.3 Å². The molecule has 0 aliphatic rings. The third kappa shape index (κ3) is 3.41. The van der Waals surface area contributed by atoms with E-state index in [1.165, 1.54) is 30.5 Å². The van der Waals surface area contributed by atoms with E-state index in [0.29, 0.717) is 5.69 Å². The Morgan fingerprint density at radius 3 is 2.65 bits per heavy atom. The van der Waals surface area contributed by atoms with Gasteiger partial charge >= 0.3 is 6.61 Å². The number of nitrogen functional groups attached to an aromatic ring is 1. The van der Waals surface area contributed by atoms with Gasteiger partial charge in [0.15, 0.2) is 0 Å². The van der Waals surface area contributed by atoms with Gasteiger partial charge in [0.05, 0.1) is 17.4 Å². The number of para-hydroxylation sites is 1. The smallest absolute Gasteiger partial charge is 0.387 e. The Kier molecular flexibility index (Phi) is 4.09. The van der Waals surface area contributed by atoms with Gasteiger partial charge in [0.1, 0.15) is 11.6 Å². The van der Waals surface area contributed by atoms with Gasteiger partial charge in [-0.1, -0.05) is 12.1 Å². The second-order valence-corrected chi connectivity index (χ2v) is 3.81. The maximum atomic E-state index is 12.3. The van der Waals surface area contributed by atoms with Gasteiger partial charge < -0.3 is 15.8 Å². The summed E-state index contributed by atoms with van der Waals surface area (Å²) in [6, 6.07) is 8.77. The third-order valence-electron chi connectivity index (χ3n) is 2.38. The summed E-state index contributed by atoms with van der Waals surface area (Å²) in [5, 5.41) is 2.47. The minimum Gasteiger partial charge on any atom is -0.434 e. The first-order chi connectivity index (χ1) is 9.56. The summed E-state index contributed by atoms with van der Waals surface area (Å²) < 4.78 is 28.8. The Labute approximate surface area is 113 Å². The average molecular weight is 279 g/mol. The fraction of sp³-hybridized carbons (Fsp3) is 0.0769. The summed E-state index contributed by atoms with van der Waals surface area (Å²) in [5.74, 6) is -0.537. The molecule has 1 aromatic heterocycles. The first-order valence-electron chi connectivity index (χ1n) is 5.63. The Morgan fingerprint density at radius 2 is 2.00 bits per heavy atom. The number of nitrogens with one attached hydrogen (secondary N) is 1. The van der Waals surface area contributed by atoms with Gasteiger partial charge in [-0.25, -0.2) is 4.98 Å². The highest BCUT2D eigenvalue weighted by atomic mass is 19.3. The van der Waals surface area contributed by atoms with Gasteiger partial charge in [-0.15, -0.1) is 0 Å². The number of anilines is 2.